The van der Waals surface area contributed by atoms with Crippen molar-refractivity contribution < 1.29 is 9.53 Å². The predicted octanol–water partition coefficient (Wildman–Crippen LogP) is 3.60. The van der Waals surface area contributed by atoms with Crippen molar-refractivity contribution in [2.45, 2.75) is 33.1 Å². The number of ether oxygens (including phenoxy) is 1. The van der Waals surface area contributed by atoms with E-state index in [2.05, 4.69) is 30.2 Å². The molecule has 0 N–H and O–H groups in total. The van der Waals surface area contributed by atoms with Gasteiger partial charge in [0.2, 0.25) is 0 Å². The first-order valence-corrected chi connectivity index (χ1v) is 7.93. The van der Waals surface area contributed by atoms with Gasteiger partial charge < -0.3 is 4.74 Å². The van der Waals surface area contributed by atoms with Crippen molar-refractivity contribution in [3.8, 4) is 11.1 Å². The zero-order chi connectivity index (χ0) is 16.6. The molecule has 0 saturated carbocycles. The molecule has 0 radical (unpaired) electrons. The van der Waals surface area contributed by atoms with Crippen LogP contribution in [0.1, 0.15) is 35.4 Å². The Balaban J connectivity index is 2.12. The number of hydrogen-bond donors (Lipinski definition) is 0. The van der Waals surface area contributed by atoms with Gasteiger partial charge in [-0.15, -0.1) is 0 Å². The molecule has 1 aliphatic rings. The molecule has 0 unspecified atom stereocenters. The molecular formula is C19H22N2O2. The normalized spacial score (nSPS) is 15.6. The van der Waals surface area contributed by atoms with E-state index in [1.165, 1.54) is 23.8 Å². The molecular weight excluding hydrogens is 288 g/mol. The van der Waals surface area contributed by atoms with E-state index in [0.29, 0.717) is 0 Å². The number of allylic oxidation sites excluding steroid dienone is 1. The van der Waals surface area contributed by atoms with Crippen molar-refractivity contribution in [2.75, 3.05) is 7.11 Å². The molecule has 2 aromatic rings. The second-order valence-corrected chi connectivity index (χ2v) is 6.09. The number of nitrogens with zero attached hydrogens (tertiary/aromatic N) is 2. The lowest BCUT2D eigenvalue weighted by Crippen LogP contribution is -2.05. The summed E-state index contributed by atoms with van der Waals surface area (Å²) in [5, 5.41) is 4.51. The molecule has 0 saturated heterocycles. The summed E-state index contributed by atoms with van der Waals surface area (Å²) in [5.74, 6) is -0.285. The van der Waals surface area contributed by atoms with Crippen molar-refractivity contribution in [1.29, 1.82) is 0 Å². The monoisotopic (exact) mass is 310 g/mol. The fourth-order valence-electron chi connectivity index (χ4n) is 3.40. The fourth-order valence-corrected chi connectivity index (χ4v) is 3.40. The van der Waals surface area contributed by atoms with E-state index in [4.69, 9.17) is 4.74 Å². The second-order valence-electron chi connectivity index (χ2n) is 6.09. The minimum absolute atomic E-state index is 0.285. The van der Waals surface area contributed by atoms with Crippen LogP contribution in [-0.4, -0.2) is 22.9 Å². The van der Waals surface area contributed by atoms with Crippen molar-refractivity contribution in [2.24, 2.45) is 7.05 Å². The van der Waals surface area contributed by atoms with Gasteiger partial charge in [-0.25, -0.2) is 4.79 Å². The predicted molar refractivity (Wildman–Crippen MR) is 91.0 cm³/mol. The smallest absolute Gasteiger partial charge is 0.330 e. The van der Waals surface area contributed by atoms with Crippen LogP contribution in [0.25, 0.3) is 16.7 Å². The highest BCUT2D eigenvalue weighted by molar-refractivity contribution is 5.92. The SMILES string of the molecule is COC(=O)/C=C1\CCCc2ccc(-c3c(C)nn(C)c3C)cc21. The molecule has 0 atom stereocenters. The van der Waals surface area contributed by atoms with E-state index < -0.39 is 0 Å². The van der Waals surface area contributed by atoms with Gasteiger partial charge in [0.1, 0.15) is 0 Å². The maximum Gasteiger partial charge on any atom is 0.330 e. The molecule has 0 fully saturated rings. The van der Waals surface area contributed by atoms with Gasteiger partial charge in [-0.1, -0.05) is 12.1 Å². The number of aromatic nitrogens is 2. The highest BCUT2D eigenvalue weighted by Gasteiger charge is 2.18. The van der Waals surface area contributed by atoms with Gasteiger partial charge in [-0.05, 0) is 61.4 Å². The largest absolute Gasteiger partial charge is 0.466 e. The van der Waals surface area contributed by atoms with Crippen molar-refractivity contribution >= 4 is 11.5 Å². The lowest BCUT2D eigenvalue weighted by Gasteiger charge is -2.20. The Labute approximate surface area is 136 Å². The second kappa shape index (κ2) is 6.03. The first-order valence-electron chi connectivity index (χ1n) is 7.93. The lowest BCUT2D eigenvalue weighted by atomic mass is 9.85. The van der Waals surface area contributed by atoms with E-state index in [9.17, 15) is 4.79 Å². The van der Waals surface area contributed by atoms with Crippen LogP contribution in [0.3, 0.4) is 0 Å². The summed E-state index contributed by atoms with van der Waals surface area (Å²) in [7, 11) is 3.38. The summed E-state index contributed by atoms with van der Waals surface area (Å²) < 4.78 is 6.71. The molecule has 0 bridgehead atoms. The number of carbonyl (C=O) groups excluding carboxylic acids is 1. The fraction of sp³-hybridized carbons (Fsp3) is 0.368. The summed E-state index contributed by atoms with van der Waals surface area (Å²) in [4.78, 5) is 11.6. The van der Waals surface area contributed by atoms with Crippen LogP contribution in [0.4, 0.5) is 0 Å². The third-order valence-corrected chi connectivity index (χ3v) is 4.64. The molecule has 3 rings (SSSR count). The molecule has 4 nitrogen and oxygen atoms in total. The Morgan fingerprint density at radius 2 is 2.09 bits per heavy atom. The number of esters is 1. The Bertz CT molecular complexity index is 800. The molecule has 1 aliphatic carbocycles. The summed E-state index contributed by atoms with van der Waals surface area (Å²) in [6, 6.07) is 6.54. The number of fused-ring (bicyclic) bond motifs is 1. The van der Waals surface area contributed by atoms with Gasteiger partial charge in [0.05, 0.1) is 12.8 Å². The third kappa shape index (κ3) is 2.81. The van der Waals surface area contributed by atoms with Gasteiger partial charge in [-0.3, -0.25) is 4.68 Å². The molecule has 1 aromatic heterocycles. The maximum atomic E-state index is 11.6. The minimum atomic E-state index is -0.285. The number of hydrogen-bond acceptors (Lipinski definition) is 3. The topological polar surface area (TPSA) is 44.1 Å². The number of methoxy groups -OCH3 is 1. The van der Waals surface area contributed by atoms with Crippen LogP contribution < -0.4 is 0 Å². The summed E-state index contributed by atoms with van der Waals surface area (Å²) in [6.45, 7) is 4.12. The van der Waals surface area contributed by atoms with Gasteiger partial charge in [-0.2, -0.15) is 5.10 Å². The van der Waals surface area contributed by atoms with Crippen LogP contribution in [-0.2, 0) is 23.0 Å². The molecule has 4 heteroatoms. The van der Waals surface area contributed by atoms with Crippen molar-refractivity contribution in [1.82, 2.24) is 9.78 Å². The van der Waals surface area contributed by atoms with Crippen molar-refractivity contribution in [3.05, 3.63) is 46.8 Å². The van der Waals surface area contributed by atoms with E-state index in [0.717, 1.165) is 41.8 Å². The van der Waals surface area contributed by atoms with Crippen LogP contribution in [0.5, 0.6) is 0 Å². The summed E-state index contributed by atoms with van der Waals surface area (Å²) in [6.07, 6.45) is 4.67. The summed E-state index contributed by atoms with van der Waals surface area (Å²) >= 11 is 0. The Kier molecular flexibility index (Phi) is 4.07. The van der Waals surface area contributed by atoms with Gasteiger partial charge >= 0.3 is 5.97 Å². The molecule has 1 aromatic carbocycles. The van der Waals surface area contributed by atoms with Crippen molar-refractivity contribution in [3.63, 3.8) is 0 Å². The van der Waals surface area contributed by atoms with E-state index in [-0.39, 0.29) is 5.97 Å². The first-order chi connectivity index (χ1) is 11.0. The number of carbonyl (C=O) groups is 1. The molecule has 120 valence electrons. The molecule has 0 spiro atoms. The average molecular weight is 310 g/mol. The molecule has 0 aliphatic heterocycles. The molecule has 23 heavy (non-hydrogen) atoms. The van der Waals surface area contributed by atoms with Crippen LogP contribution >= 0.6 is 0 Å². The minimum Gasteiger partial charge on any atom is -0.466 e. The Morgan fingerprint density at radius 1 is 1.30 bits per heavy atom. The van der Waals surface area contributed by atoms with Gasteiger partial charge in [0.15, 0.2) is 0 Å². The molecule has 1 heterocycles. The van der Waals surface area contributed by atoms with Crippen LogP contribution in [0, 0.1) is 13.8 Å². The number of rotatable bonds is 2. The number of benzene rings is 1. The Morgan fingerprint density at radius 3 is 2.74 bits per heavy atom. The van der Waals surface area contributed by atoms with Crippen LogP contribution in [0.2, 0.25) is 0 Å². The third-order valence-electron chi connectivity index (χ3n) is 4.64. The van der Waals surface area contributed by atoms with Gasteiger partial charge in [0.25, 0.3) is 0 Å². The average Bonchev–Trinajstić information content (AvgIpc) is 2.80. The zero-order valence-electron chi connectivity index (χ0n) is 14.1. The van der Waals surface area contributed by atoms with E-state index >= 15 is 0 Å². The quantitative estimate of drug-likeness (QED) is 0.629. The van der Waals surface area contributed by atoms with Crippen LogP contribution in [0.15, 0.2) is 24.3 Å². The van der Waals surface area contributed by atoms with E-state index in [1.54, 1.807) is 6.08 Å². The molecule has 0 amide bonds. The maximum absolute atomic E-state index is 11.6. The zero-order valence-corrected chi connectivity index (χ0v) is 14.1. The van der Waals surface area contributed by atoms with Gasteiger partial charge in [0, 0.05) is 24.4 Å². The Hall–Kier alpha value is -2.36. The lowest BCUT2D eigenvalue weighted by molar-refractivity contribution is -0.134. The number of aryl methyl sites for hydroxylation is 3. The highest BCUT2D eigenvalue weighted by atomic mass is 16.5. The van der Waals surface area contributed by atoms with E-state index in [1.807, 2.05) is 18.7 Å². The standard InChI is InChI=1S/C19H22N2O2/c1-12-19(13(2)21(3)20-12)16-9-8-14-6-5-7-15(17(14)10-16)11-18(22)23-4/h8-11H,5-7H2,1-4H3/b15-11+. The summed E-state index contributed by atoms with van der Waals surface area (Å²) in [5.41, 5.74) is 8.05. The first kappa shape index (κ1) is 15.5. The highest BCUT2D eigenvalue weighted by Crippen LogP contribution is 2.35.